The van der Waals surface area contributed by atoms with E-state index in [4.69, 9.17) is 0 Å². The van der Waals surface area contributed by atoms with Crippen LogP contribution in [0.2, 0.25) is 0 Å². The van der Waals surface area contributed by atoms with Gasteiger partial charge in [0.25, 0.3) is 0 Å². The molecule has 5 unspecified atom stereocenters. The molecule has 1 nitrogen and oxygen atoms in total. The van der Waals surface area contributed by atoms with Crippen LogP contribution in [-0.2, 0) is 4.79 Å². The van der Waals surface area contributed by atoms with Gasteiger partial charge in [-0.25, -0.2) is 0 Å². The molecule has 2 bridgehead atoms. The van der Waals surface area contributed by atoms with Crippen LogP contribution in [0.5, 0.6) is 0 Å². The Balaban J connectivity index is 2.02. The fourth-order valence-corrected chi connectivity index (χ4v) is 3.83. The maximum Gasteiger partial charge on any atom is 0.144 e. The highest BCUT2D eigenvalue weighted by Crippen LogP contribution is 2.57. The average Bonchev–Trinajstić information content (AvgIpc) is 2.80. The van der Waals surface area contributed by atoms with Gasteiger partial charge in [0.05, 0.1) is 0 Å². The number of carbonyl (C=O) groups excluding carboxylic acids is 1. The van der Waals surface area contributed by atoms with Crippen LogP contribution in [0, 0.1) is 29.6 Å². The van der Waals surface area contributed by atoms with E-state index in [1.165, 1.54) is 12.0 Å². The molecular formula is C13H16O. The normalized spacial score (nSPS) is 49.1. The molecule has 0 N–H and O–H groups in total. The zero-order valence-corrected chi connectivity index (χ0v) is 8.57. The summed E-state index contributed by atoms with van der Waals surface area (Å²) in [6, 6.07) is 0. The molecule has 0 heterocycles. The molecule has 3 aliphatic carbocycles. The van der Waals surface area contributed by atoms with E-state index < -0.39 is 0 Å². The first-order valence-electron chi connectivity index (χ1n) is 5.64. The van der Waals surface area contributed by atoms with Crippen molar-refractivity contribution >= 4 is 5.78 Å². The maximum absolute atomic E-state index is 12.1. The van der Waals surface area contributed by atoms with Gasteiger partial charge in [-0.05, 0) is 30.6 Å². The number of carbonyl (C=O) groups is 1. The molecule has 0 aromatic heterocycles. The molecule has 3 aliphatic rings. The van der Waals surface area contributed by atoms with Gasteiger partial charge >= 0.3 is 0 Å². The van der Waals surface area contributed by atoms with Crippen molar-refractivity contribution in [2.45, 2.75) is 19.8 Å². The number of fused-ring (bicyclic) bond motifs is 5. The number of allylic oxidation sites excluding steroid dienone is 3. The van der Waals surface area contributed by atoms with Crippen molar-refractivity contribution in [1.82, 2.24) is 0 Å². The summed E-state index contributed by atoms with van der Waals surface area (Å²) in [6.07, 6.45) is 6.72. The molecule has 0 saturated heterocycles. The molecule has 0 aromatic rings. The van der Waals surface area contributed by atoms with Gasteiger partial charge < -0.3 is 0 Å². The van der Waals surface area contributed by atoms with Crippen LogP contribution < -0.4 is 0 Å². The monoisotopic (exact) mass is 188 g/mol. The number of Topliss-reactive ketones (excluding diaryl/α,β-unsaturated/α-hetero) is 1. The molecule has 2 saturated carbocycles. The highest BCUT2D eigenvalue weighted by molar-refractivity contribution is 5.91. The predicted octanol–water partition coefficient (Wildman–Crippen LogP) is 2.59. The Bertz CT molecular complexity index is 309. The summed E-state index contributed by atoms with van der Waals surface area (Å²) in [6.45, 7) is 6.26. The summed E-state index contributed by atoms with van der Waals surface area (Å²) in [5.41, 5.74) is 1.24. The van der Waals surface area contributed by atoms with E-state index in [-0.39, 0.29) is 5.92 Å². The minimum atomic E-state index is 0.176. The van der Waals surface area contributed by atoms with Crippen molar-refractivity contribution in [1.29, 1.82) is 0 Å². The smallest absolute Gasteiger partial charge is 0.144 e. The van der Waals surface area contributed by atoms with Crippen LogP contribution in [0.3, 0.4) is 0 Å². The van der Waals surface area contributed by atoms with Crippen LogP contribution in [0.1, 0.15) is 19.8 Å². The van der Waals surface area contributed by atoms with Gasteiger partial charge in [-0.2, -0.15) is 0 Å². The van der Waals surface area contributed by atoms with E-state index in [1.54, 1.807) is 0 Å². The lowest BCUT2D eigenvalue weighted by Gasteiger charge is -2.19. The van der Waals surface area contributed by atoms with Gasteiger partial charge in [0, 0.05) is 11.8 Å². The predicted molar refractivity (Wildman–Crippen MR) is 55.6 cm³/mol. The molecule has 0 spiro atoms. The van der Waals surface area contributed by atoms with Crippen LogP contribution in [-0.4, -0.2) is 5.78 Å². The van der Waals surface area contributed by atoms with Crippen LogP contribution in [0.25, 0.3) is 0 Å². The number of ketones is 1. The summed E-state index contributed by atoms with van der Waals surface area (Å²) in [5, 5.41) is 0. The third-order valence-corrected chi connectivity index (χ3v) is 4.42. The van der Waals surface area contributed by atoms with Crippen molar-refractivity contribution in [2.75, 3.05) is 0 Å². The maximum atomic E-state index is 12.1. The Hall–Kier alpha value is -0.850. The standard InChI is InChI=1S/C13H16O/c1-3-10-7(2)11-8-4-5-9(6-8)12(11)13(10)14/h4-5,8-12H,2-3,6H2,1H3. The molecule has 0 aliphatic heterocycles. The second-order valence-corrected chi connectivity index (χ2v) is 4.94. The molecule has 1 heteroatoms. The molecule has 3 rings (SSSR count). The van der Waals surface area contributed by atoms with Gasteiger partial charge in [-0.15, -0.1) is 0 Å². The highest BCUT2D eigenvalue weighted by atomic mass is 16.1. The summed E-state index contributed by atoms with van der Waals surface area (Å²) >= 11 is 0. The number of hydrogen-bond donors (Lipinski definition) is 0. The van der Waals surface area contributed by atoms with E-state index in [0.29, 0.717) is 29.5 Å². The van der Waals surface area contributed by atoms with Crippen LogP contribution in [0.4, 0.5) is 0 Å². The molecule has 0 radical (unpaired) electrons. The van der Waals surface area contributed by atoms with Crippen molar-refractivity contribution in [3.63, 3.8) is 0 Å². The fourth-order valence-electron chi connectivity index (χ4n) is 3.83. The lowest BCUT2D eigenvalue weighted by atomic mass is 9.84. The average molecular weight is 188 g/mol. The topological polar surface area (TPSA) is 17.1 Å². The van der Waals surface area contributed by atoms with E-state index in [0.717, 1.165) is 6.42 Å². The van der Waals surface area contributed by atoms with E-state index in [9.17, 15) is 4.79 Å². The van der Waals surface area contributed by atoms with Crippen molar-refractivity contribution in [3.8, 4) is 0 Å². The Morgan fingerprint density at radius 2 is 2.00 bits per heavy atom. The fraction of sp³-hybridized carbons (Fsp3) is 0.615. The van der Waals surface area contributed by atoms with E-state index in [1.807, 2.05) is 0 Å². The SMILES string of the molecule is C=C1C(CC)C(=O)C2C3C=CC(C3)C12. The molecule has 14 heavy (non-hydrogen) atoms. The summed E-state index contributed by atoms with van der Waals surface area (Å²) in [4.78, 5) is 12.1. The van der Waals surface area contributed by atoms with E-state index in [2.05, 4.69) is 25.7 Å². The largest absolute Gasteiger partial charge is 0.299 e. The summed E-state index contributed by atoms with van der Waals surface area (Å²) < 4.78 is 0. The van der Waals surface area contributed by atoms with Gasteiger partial charge in [-0.1, -0.05) is 31.2 Å². The second kappa shape index (κ2) is 2.59. The Kier molecular flexibility index (Phi) is 1.56. The highest BCUT2D eigenvalue weighted by Gasteiger charge is 2.55. The first-order chi connectivity index (χ1) is 6.74. The molecule has 0 amide bonds. The summed E-state index contributed by atoms with van der Waals surface area (Å²) in [7, 11) is 0. The first-order valence-corrected chi connectivity index (χ1v) is 5.64. The summed E-state index contributed by atoms with van der Waals surface area (Å²) in [5.74, 6) is 2.66. The minimum Gasteiger partial charge on any atom is -0.299 e. The van der Waals surface area contributed by atoms with Crippen molar-refractivity contribution in [3.05, 3.63) is 24.3 Å². The van der Waals surface area contributed by atoms with Crippen molar-refractivity contribution in [2.24, 2.45) is 29.6 Å². The Morgan fingerprint density at radius 3 is 2.57 bits per heavy atom. The third-order valence-electron chi connectivity index (χ3n) is 4.42. The molecule has 5 atom stereocenters. The van der Waals surface area contributed by atoms with Gasteiger partial charge in [-0.3, -0.25) is 4.79 Å². The lowest BCUT2D eigenvalue weighted by molar-refractivity contribution is -0.124. The van der Waals surface area contributed by atoms with Crippen LogP contribution >= 0.6 is 0 Å². The molecule has 2 fully saturated rings. The molecule has 74 valence electrons. The molecule has 0 aromatic carbocycles. The number of hydrogen-bond acceptors (Lipinski definition) is 1. The molecular weight excluding hydrogens is 172 g/mol. The lowest BCUT2D eigenvalue weighted by Crippen LogP contribution is -2.20. The first kappa shape index (κ1) is 8.46. The van der Waals surface area contributed by atoms with Crippen LogP contribution in [0.15, 0.2) is 24.3 Å². The Morgan fingerprint density at radius 1 is 1.36 bits per heavy atom. The van der Waals surface area contributed by atoms with Crippen molar-refractivity contribution < 1.29 is 4.79 Å². The number of rotatable bonds is 1. The minimum absolute atomic E-state index is 0.176. The zero-order valence-electron chi connectivity index (χ0n) is 8.57. The third kappa shape index (κ3) is 0.789. The zero-order chi connectivity index (χ0) is 9.87. The van der Waals surface area contributed by atoms with E-state index >= 15 is 0 Å². The van der Waals surface area contributed by atoms with Gasteiger partial charge in [0.2, 0.25) is 0 Å². The van der Waals surface area contributed by atoms with Gasteiger partial charge in [0.15, 0.2) is 0 Å². The Labute approximate surface area is 84.9 Å². The van der Waals surface area contributed by atoms with Gasteiger partial charge in [0.1, 0.15) is 5.78 Å². The second-order valence-electron chi connectivity index (χ2n) is 4.94. The quantitative estimate of drug-likeness (QED) is 0.578.